The Bertz CT molecular complexity index is 4580. The third-order valence-electron chi connectivity index (χ3n) is 16.5. The van der Waals surface area contributed by atoms with Crippen molar-refractivity contribution in [1.29, 1.82) is 0 Å². The molecule has 2 aromatic heterocycles. The fourth-order valence-corrected chi connectivity index (χ4v) is 12.6. The fraction of sp³-hybridized carbons (Fsp3) is 0.0400. The number of hydrogen-bond donors (Lipinski definition) is 0. The van der Waals surface area contributed by atoms with Gasteiger partial charge in [-0.25, -0.2) is 0 Å². The van der Waals surface area contributed by atoms with Gasteiger partial charge in [0.15, 0.2) is 0 Å². The van der Waals surface area contributed by atoms with E-state index in [1.807, 2.05) is 0 Å². The zero-order valence-corrected chi connectivity index (χ0v) is 43.5. The SMILES string of the molecule is CC1(C)c2cc(-c3ccc4c5ccccc5n(-c5ccccc5)c4c3)ccc2-c2ccc(N(c3ccc(-c4ccccc4)cc3)c3ccc(-c4ccc(-c5ccc6c(c5)c5ccccc5n6-c5ccccc5)cc4)cc3)cc21. The summed E-state index contributed by atoms with van der Waals surface area (Å²) >= 11 is 0. The summed E-state index contributed by atoms with van der Waals surface area (Å²) < 4.78 is 4.78. The summed E-state index contributed by atoms with van der Waals surface area (Å²) in [7, 11) is 0. The average Bonchev–Trinajstić information content (AvgIpc) is 4.28. The molecule has 0 spiro atoms. The Balaban J connectivity index is 0.763. The highest BCUT2D eigenvalue weighted by atomic mass is 15.1. The van der Waals surface area contributed by atoms with Crippen molar-refractivity contribution in [1.82, 2.24) is 9.13 Å². The van der Waals surface area contributed by atoms with Crippen molar-refractivity contribution in [2.75, 3.05) is 4.90 Å². The molecule has 1 aliphatic rings. The fourth-order valence-electron chi connectivity index (χ4n) is 12.6. The van der Waals surface area contributed by atoms with Crippen LogP contribution in [0.4, 0.5) is 17.1 Å². The maximum absolute atomic E-state index is 2.45. The van der Waals surface area contributed by atoms with Crippen LogP contribution in [0.2, 0.25) is 0 Å². The summed E-state index contributed by atoms with van der Waals surface area (Å²) in [6.07, 6.45) is 0. The number of nitrogens with zero attached hydrogens (tertiary/aromatic N) is 3. The van der Waals surface area contributed by atoms with Gasteiger partial charge in [-0.15, -0.1) is 0 Å². The second kappa shape index (κ2) is 18.1. The average molecular weight is 996 g/mol. The topological polar surface area (TPSA) is 13.1 Å². The molecule has 0 fully saturated rings. The summed E-state index contributed by atoms with van der Waals surface area (Å²) in [6, 6.07) is 105. The summed E-state index contributed by atoms with van der Waals surface area (Å²) in [5, 5.41) is 5.04. The highest BCUT2D eigenvalue weighted by molar-refractivity contribution is 6.11. The van der Waals surface area contributed by atoms with E-state index in [4.69, 9.17) is 0 Å². The van der Waals surface area contributed by atoms with Gasteiger partial charge in [-0.1, -0.05) is 202 Å². The zero-order valence-electron chi connectivity index (χ0n) is 43.5. The molecule has 1 aliphatic carbocycles. The van der Waals surface area contributed by atoms with Gasteiger partial charge in [-0.3, -0.25) is 0 Å². The van der Waals surface area contributed by atoms with E-state index in [0.29, 0.717) is 0 Å². The molecule has 0 aliphatic heterocycles. The molecule has 14 aromatic rings. The summed E-state index contributed by atoms with van der Waals surface area (Å²) in [5.74, 6) is 0. The van der Waals surface area contributed by atoms with Gasteiger partial charge in [0.2, 0.25) is 0 Å². The normalized spacial score (nSPS) is 12.6. The Morgan fingerprint density at radius 2 is 0.628 bits per heavy atom. The Hall–Kier alpha value is -9.96. The highest BCUT2D eigenvalue weighted by Gasteiger charge is 2.36. The number of hydrogen-bond acceptors (Lipinski definition) is 1. The van der Waals surface area contributed by atoms with Crippen LogP contribution in [0.1, 0.15) is 25.0 Å². The lowest BCUT2D eigenvalue weighted by Gasteiger charge is -2.28. The zero-order chi connectivity index (χ0) is 51.9. The third-order valence-corrected chi connectivity index (χ3v) is 16.5. The van der Waals surface area contributed by atoms with E-state index < -0.39 is 0 Å². The summed E-state index contributed by atoms with van der Waals surface area (Å²) in [5.41, 5.74) is 25.1. The molecular formula is C75H53N3. The molecule has 0 bridgehead atoms. The van der Waals surface area contributed by atoms with E-state index in [9.17, 15) is 0 Å². The van der Waals surface area contributed by atoms with Crippen LogP contribution >= 0.6 is 0 Å². The van der Waals surface area contributed by atoms with E-state index in [-0.39, 0.29) is 5.41 Å². The monoisotopic (exact) mass is 995 g/mol. The van der Waals surface area contributed by atoms with Crippen LogP contribution in [-0.2, 0) is 5.41 Å². The lowest BCUT2D eigenvalue weighted by Crippen LogP contribution is -2.16. The van der Waals surface area contributed by atoms with Crippen molar-refractivity contribution >= 4 is 60.7 Å². The largest absolute Gasteiger partial charge is 0.310 e. The van der Waals surface area contributed by atoms with Gasteiger partial charge in [0, 0.05) is 55.4 Å². The number of para-hydroxylation sites is 4. The maximum Gasteiger partial charge on any atom is 0.0547 e. The molecule has 2 heterocycles. The molecule has 368 valence electrons. The van der Waals surface area contributed by atoms with Crippen molar-refractivity contribution < 1.29 is 0 Å². The van der Waals surface area contributed by atoms with Crippen LogP contribution in [0.15, 0.2) is 285 Å². The minimum Gasteiger partial charge on any atom is -0.310 e. The quantitative estimate of drug-likeness (QED) is 0.140. The minimum atomic E-state index is -0.245. The van der Waals surface area contributed by atoms with Crippen LogP contribution < -0.4 is 4.90 Å². The van der Waals surface area contributed by atoms with Gasteiger partial charge in [0.25, 0.3) is 0 Å². The van der Waals surface area contributed by atoms with Crippen LogP contribution in [-0.4, -0.2) is 9.13 Å². The van der Waals surface area contributed by atoms with Crippen molar-refractivity contribution in [3.05, 3.63) is 296 Å². The van der Waals surface area contributed by atoms with Gasteiger partial charge in [0.05, 0.1) is 22.1 Å². The Morgan fingerprint density at radius 3 is 1.23 bits per heavy atom. The predicted molar refractivity (Wildman–Crippen MR) is 329 cm³/mol. The number of anilines is 3. The van der Waals surface area contributed by atoms with Crippen molar-refractivity contribution in [2.24, 2.45) is 0 Å². The predicted octanol–water partition coefficient (Wildman–Crippen LogP) is 20.3. The lowest BCUT2D eigenvalue weighted by molar-refractivity contribution is 0.660. The van der Waals surface area contributed by atoms with Gasteiger partial charge in [-0.2, -0.15) is 0 Å². The molecule has 0 saturated carbocycles. The van der Waals surface area contributed by atoms with Gasteiger partial charge >= 0.3 is 0 Å². The van der Waals surface area contributed by atoms with E-state index in [1.54, 1.807) is 0 Å². The Morgan fingerprint density at radius 1 is 0.256 bits per heavy atom. The summed E-state index contributed by atoms with van der Waals surface area (Å²) in [4.78, 5) is 2.42. The lowest BCUT2D eigenvalue weighted by atomic mass is 9.81. The molecule has 0 N–H and O–H groups in total. The van der Waals surface area contributed by atoms with Gasteiger partial charge in [0.1, 0.15) is 0 Å². The summed E-state index contributed by atoms with van der Waals surface area (Å²) in [6.45, 7) is 4.78. The van der Waals surface area contributed by atoms with Gasteiger partial charge in [-0.05, 0) is 164 Å². The van der Waals surface area contributed by atoms with Crippen LogP contribution in [0.3, 0.4) is 0 Å². The van der Waals surface area contributed by atoms with E-state index in [1.165, 1.54) is 122 Å². The first-order valence-electron chi connectivity index (χ1n) is 27.1. The second-order valence-corrected chi connectivity index (χ2v) is 21.3. The second-order valence-electron chi connectivity index (χ2n) is 21.3. The molecule has 0 amide bonds. The first-order chi connectivity index (χ1) is 38.4. The van der Waals surface area contributed by atoms with E-state index in [0.717, 1.165) is 17.1 Å². The first-order valence-corrected chi connectivity index (χ1v) is 27.1. The van der Waals surface area contributed by atoms with Crippen molar-refractivity contribution in [3.8, 4) is 67.0 Å². The maximum atomic E-state index is 2.45. The van der Waals surface area contributed by atoms with Gasteiger partial charge < -0.3 is 14.0 Å². The van der Waals surface area contributed by atoms with Crippen molar-refractivity contribution in [3.63, 3.8) is 0 Å². The Kier molecular flexibility index (Phi) is 10.6. The molecule has 78 heavy (non-hydrogen) atoms. The molecule has 0 radical (unpaired) electrons. The molecule has 0 unspecified atom stereocenters. The van der Waals surface area contributed by atoms with Crippen molar-refractivity contribution in [2.45, 2.75) is 19.3 Å². The molecule has 3 heteroatoms. The Labute approximate surface area is 454 Å². The minimum absolute atomic E-state index is 0.245. The van der Waals surface area contributed by atoms with Crippen LogP contribution in [0.5, 0.6) is 0 Å². The van der Waals surface area contributed by atoms with E-state index in [2.05, 4.69) is 313 Å². The molecule has 3 nitrogen and oxygen atoms in total. The number of fused-ring (bicyclic) bond motifs is 9. The smallest absolute Gasteiger partial charge is 0.0547 e. The molecule has 0 atom stereocenters. The molecule has 0 saturated heterocycles. The molecule has 15 rings (SSSR count). The number of aromatic nitrogens is 2. The number of benzene rings is 12. The molecular weight excluding hydrogens is 943 g/mol. The van der Waals surface area contributed by atoms with Crippen LogP contribution in [0.25, 0.3) is 111 Å². The third kappa shape index (κ3) is 7.42. The molecule has 12 aromatic carbocycles. The van der Waals surface area contributed by atoms with E-state index >= 15 is 0 Å². The standard InChI is InChI=1S/C75H53N3/c1-75(2)69-47-56(57-35-43-67-65-22-12-14-24-71(65)78(74(67)48-57)59-20-10-5-11-21-59)34-42-63(69)64-44-41-62(49-70(64)75)76(60-37-30-52(31-38-60)50-16-6-3-7-17-50)61-39-32-53(33-40-61)51-26-28-54(29-27-51)55-36-45-73-68(46-55)66-23-13-15-25-72(66)77(73)58-18-8-4-9-19-58/h3-49H,1-2H3. The van der Waals surface area contributed by atoms with Crippen LogP contribution in [0, 0.1) is 0 Å². The number of rotatable bonds is 9. The highest BCUT2D eigenvalue weighted by Crippen LogP contribution is 2.52. The first kappa shape index (κ1) is 45.4.